The van der Waals surface area contributed by atoms with Crippen molar-refractivity contribution in [3.8, 4) is 5.75 Å². The Bertz CT molecular complexity index is 457. The Morgan fingerprint density at radius 3 is 2.23 bits per heavy atom. The van der Waals surface area contributed by atoms with Crippen LogP contribution in [0.25, 0.3) is 0 Å². The van der Waals surface area contributed by atoms with Crippen LogP contribution < -0.4 is 9.64 Å². The molecule has 22 heavy (non-hydrogen) atoms. The Hall–Kier alpha value is -1.47. The average molecular weight is 318 g/mol. The highest BCUT2D eigenvalue weighted by Gasteiger charge is 2.31. The lowest BCUT2D eigenvalue weighted by Gasteiger charge is -2.37. The summed E-state index contributed by atoms with van der Waals surface area (Å²) in [5, 5.41) is 9.07. The minimum absolute atomic E-state index is 0.181. The van der Waals surface area contributed by atoms with Gasteiger partial charge >= 0.3 is 6.36 Å². The number of ether oxygens (including phenoxy) is 1. The number of halogens is 3. The summed E-state index contributed by atoms with van der Waals surface area (Å²) in [6.45, 7) is 6.45. The van der Waals surface area contributed by atoms with Crippen molar-refractivity contribution in [2.75, 3.05) is 44.2 Å². The number of nitrogens with zero attached hydrogens (tertiary/aromatic N) is 2. The first-order valence-corrected chi connectivity index (χ1v) is 7.31. The van der Waals surface area contributed by atoms with Crippen LogP contribution in [0.2, 0.25) is 0 Å². The van der Waals surface area contributed by atoms with E-state index in [1.807, 2.05) is 6.92 Å². The van der Waals surface area contributed by atoms with Crippen LogP contribution in [0, 0.1) is 5.92 Å². The molecule has 1 fully saturated rings. The van der Waals surface area contributed by atoms with E-state index in [-0.39, 0.29) is 18.3 Å². The lowest BCUT2D eigenvalue weighted by molar-refractivity contribution is -0.274. The van der Waals surface area contributed by atoms with Crippen molar-refractivity contribution in [3.63, 3.8) is 0 Å². The molecule has 0 radical (unpaired) electrons. The summed E-state index contributed by atoms with van der Waals surface area (Å²) in [6, 6.07) is 5.96. The van der Waals surface area contributed by atoms with Gasteiger partial charge < -0.3 is 14.7 Å². The fourth-order valence-corrected chi connectivity index (χ4v) is 2.55. The second-order valence-corrected chi connectivity index (χ2v) is 5.62. The summed E-state index contributed by atoms with van der Waals surface area (Å²) in [7, 11) is 0. The third-order valence-corrected chi connectivity index (χ3v) is 3.69. The second-order valence-electron chi connectivity index (χ2n) is 5.62. The topological polar surface area (TPSA) is 35.9 Å². The molecule has 1 aliphatic heterocycles. The maximum absolute atomic E-state index is 12.1. The predicted octanol–water partition coefficient (Wildman–Crippen LogP) is 2.34. The monoisotopic (exact) mass is 318 g/mol. The maximum Gasteiger partial charge on any atom is 0.573 e. The van der Waals surface area contributed by atoms with Crippen molar-refractivity contribution in [1.29, 1.82) is 0 Å². The standard InChI is InChI=1S/C15H21F3N2O2/c1-12(11-21)10-19-6-8-20(9-7-19)13-2-4-14(5-3-13)22-15(16,17)18/h2-5,12,21H,6-11H2,1H3/t12-/m0/s1. The molecule has 0 aromatic heterocycles. The molecule has 1 aromatic carbocycles. The SMILES string of the molecule is C[C@H](CO)CN1CCN(c2ccc(OC(F)(F)F)cc2)CC1. The van der Waals surface area contributed by atoms with Crippen LogP contribution in [-0.4, -0.2) is 55.7 Å². The number of piperazine rings is 1. The van der Waals surface area contributed by atoms with Gasteiger partial charge in [0, 0.05) is 45.0 Å². The van der Waals surface area contributed by atoms with Crippen molar-refractivity contribution in [2.45, 2.75) is 13.3 Å². The molecule has 0 amide bonds. The fraction of sp³-hybridized carbons (Fsp3) is 0.600. The first-order chi connectivity index (χ1) is 10.4. The van der Waals surface area contributed by atoms with Crippen molar-refractivity contribution in [2.24, 2.45) is 5.92 Å². The van der Waals surface area contributed by atoms with Gasteiger partial charge in [-0.15, -0.1) is 13.2 Å². The van der Waals surface area contributed by atoms with Crippen LogP contribution in [0.3, 0.4) is 0 Å². The van der Waals surface area contributed by atoms with Crippen molar-refractivity contribution in [1.82, 2.24) is 4.90 Å². The molecule has 4 nitrogen and oxygen atoms in total. The number of aliphatic hydroxyl groups is 1. The Balaban J connectivity index is 1.86. The smallest absolute Gasteiger partial charge is 0.406 e. The fourth-order valence-electron chi connectivity index (χ4n) is 2.55. The van der Waals surface area contributed by atoms with Gasteiger partial charge in [0.05, 0.1) is 0 Å². The van der Waals surface area contributed by atoms with E-state index in [1.165, 1.54) is 12.1 Å². The molecule has 0 bridgehead atoms. The lowest BCUT2D eigenvalue weighted by atomic mass is 10.1. The molecule has 0 aliphatic carbocycles. The van der Waals surface area contributed by atoms with Gasteiger partial charge in [-0.3, -0.25) is 4.90 Å². The molecule has 124 valence electrons. The molecule has 7 heteroatoms. The van der Waals surface area contributed by atoms with Crippen LogP contribution in [0.15, 0.2) is 24.3 Å². The van der Waals surface area contributed by atoms with Gasteiger partial charge in [-0.25, -0.2) is 0 Å². The van der Waals surface area contributed by atoms with E-state index in [9.17, 15) is 13.2 Å². The van der Waals surface area contributed by atoms with Gasteiger partial charge in [0.1, 0.15) is 5.75 Å². The molecule has 0 unspecified atom stereocenters. The quantitative estimate of drug-likeness (QED) is 0.904. The molecule has 0 spiro atoms. The third kappa shape index (κ3) is 5.06. The van der Waals surface area contributed by atoms with E-state index < -0.39 is 6.36 Å². The maximum atomic E-state index is 12.1. The largest absolute Gasteiger partial charge is 0.573 e. The summed E-state index contributed by atoms with van der Waals surface area (Å²) in [5.41, 5.74) is 0.893. The number of hydrogen-bond acceptors (Lipinski definition) is 4. The Kier molecular flexibility index (Phi) is 5.52. The zero-order valence-electron chi connectivity index (χ0n) is 12.5. The van der Waals surface area contributed by atoms with Crippen LogP contribution >= 0.6 is 0 Å². The highest BCUT2D eigenvalue weighted by atomic mass is 19.4. The number of benzene rings is 1. The first-order valence-electron chi connectivity index (χ1n) is 7.31. The van der Waals surface area contributed by atoms with E-state index in [0.717, 1.165) is 38.4 Å². The van der Waals surface area contributed by atoms with E-state index >= 15 is 0 Å². The van der Waals surface area contributed by atoms with Crippen LogP contribution in [0.1, 0.15) is 6.92 Å². The molecule has 1 atom stereocenters. The van der Waals surface area contributed by atoms with E-state index in [1.54, 1.807) is 12.1 Å². The summed E-state index contributed by atoms with van der Waals surface area (Å²) in [6.07, 6.45) is -4.66. The third-order valence-electron chi connectivity index (χ3n) is 3.69. The number of anilines is 1. The number of rotatable bonds is 5. The van der Waals surface area contributed by atoms with Crippen LogP contribution in [0.4, 0.5) is 18.9 Å². The van der Waals surface area contributed by atoms with Crippen LogP contribution in [0.5, 0.6) is 5.75 Å². The average Bonchev–Trinajstić information content (AvgIpc) is 2.47. The lowest BCUT2D eigenvalue weighted by Crippen LogP contribution is -2.47. The molecule has 1 saturated heterocycles. The highest BCUT2D eigenvalue weighted by Crippen LogP contribution is 2.25. The Morgan fingerprint density at radius 2 is 1.73 bits per heavy atom. The zero-order valence-corrected chi connectivity index (χ0v) is 12.5. The van der Waals surface area contributed by atoms with Gasteiger partial charge in [-0.2, -0.15) is 0 Å². The Labute approximate surface area is 128 Å². The molecular formula is C15H21F3N2O2. The first kappa shape index (κ1) is 16.9. The highest BCUT2D eigenvalue weighted by molar-refractivity contribution is 5.49. The summed E-state index contributed by atoms with van der Waals surface area (Å²) < 4.78 is 40.2. The summed E-state index contributed by atoms with van der Waals surface area (Å²) in [4.78, 5) is 4.43. The second kappa shape index (κ2) is 7.19. The minimum atomic E-state index is -4.66. The van der Waals surface area contributed by atoms with E-state index in [4.69, 9.17) is 5.11 Å². The van der Waals surface area contributed by atoms with Crippen molar-refractivity contribution >= 4 is 5.69 Å². The van der Waals surface area contributed by atoms with Crippen molar-refractivity contribution in [3.05, 3.63) is 24.3 Å². The number of hydrogen-bond donors (Lipinski definition) is 1. The van der Waals surface area contributed by atoms with Gasteiger partial charge in [0.2, 0.25) is 0 Å². The number of aliphatic hydroxyl groups excluding tert-OH is 1. The molecule has 1 heterocycles. The van der Waals surface area contributed by atoms with Gasteiger partial charge in [-0.1, -0.05) is 6.92 Å². The van der Waals surface area contributed by atoms with Gasteiger partial charge in [-0.05, 0) is 30.2 Å². The summed E-state index contributed by atoms with van der Waals surface area (Å²) in [5.74, 6) is 0.0528. The Morgan fingerprint density at radius 1 is 1.14 bits per heavy atom. The van der Waals surface area contributed by atoms with E-state index in [0.29, 0.717) is 0 Å². The zero-order chi connectivity index (χ0) is 16.2. The molecular weight excluding hydrogens is 297 g/mol. The number of alkyl halides is 3. The minimum Gasteiger partial charge on any atom is -0.406 e. The van der Waals surface area contributed by atoms with Crippen LogP contribution in [-0.2, 0) is 0 Å². The molecule has 0 saturated carbocycles. The van der Waals surface area contributed by atoms with Gasteiger partial charge in [0.25, 0.3) is 0 Å². The molecule has 2 rings (SSSR count). The van der Waals surface area contributed by atoms with E-state index in [2.05, 4.69) is 14.5 Å². The predicted molar refractivity (Wildman–Crippen MR) is 78.0 cm³/mol. The normalized spacial score (nSPS) is 18.3. The molecule has 1 N–H and O–H groups in total. The summed E-state index contributed by atoms with van der Waals surface area (Å²) >= 11 is 0. The molecule has 1 aromatic rings. The van der Waals surface area contributed by atoms with Crippen molar-refractivity contribution < 1.29 is 23.0 Å². The van der Waals surface area contributed by atoms with Gasteiger partial charge in [0.15, 0.2) is 0 Å². The molecule has 1 aliphatic rings.